The van der Waals surface area contributed by atoms with Crippen LogP contribution in [0.4, 0.5) is 0 Å². The molecule has 1 aromatic rings. The van der Waals surface area contributed by atoms with Gasteiger partial charge in [0.1, 0.15) is 4.90 Å². The molecule has 1 aliphatic heterocycles. The van der Waals surface area contributed by atoms with E-state index in [9.17, 15) is 8.42 Å². The van der Waals surface area contributed by atoms with Crippen molar-refractivity contribution in [2.24, 2.45) is 0 Å². The van der Waals surface area contributed by atoms with Gasteiger partial charge in [-0.25, -0.2) is 13.1 Å². The molecule has 2 rings (SSSR count). The highest BCUT2D eigenvalue weighted by Crippen LogP contribution is 2.26. The average Bonchev–Trinajstić information content (AvgIpc) is 2.85. The fourth-order valence-corrected chi connectivity index (χ4v) is 4.10. The average molecular weight is 324 g/mol. The molecule has 0 amide bonds. The van der Waals surface area contributed by atoms with Crippen LogP contribution >= 0.6 is 23.2 Å². The molecule has 0 aliphatic carbocycles. The van der Waals surface area contributed by atoms with Gasteiger partial charge in [-0.3, -0.25) is 0 Å². The minimum Gasteiger partial charge on any atom is -0.377 e. The summed E-state index contributed by atoms with van der Waals surface area (Å²) in [5, 5.41) is 0.478. The molecule has 0 spiro atoms. The van der Waals surface area contributed by atoms with E-state index in [1.165, 1.54) is 12.1 Å². The lowest BCUT2D eigenvalue weighted by Crippen LogP contribution is -2.40. The molecular formula is C12H15Cl2NO3S. The van der Waals surface area contributed by atoms with E-state index in [-0.39, 0.29) is 22.1 Å². The van der Waals surface area contributed by atoms with Gasteiger partial charge in [0.15, 0.2) is 0 Å². The molecule has 7 heteroatoms. The van der Waals surface area contributed by atoms with E-state index in [1.54, 1.807) is 13.0 Å². The zero-order valence-corrected chi connectivity index (χ0v) is 12.7. The van der Waals surface area contributed by atoms with Crippen LogP contribution in [0.1, 0.15) is 19.8 Å². The van der Waals surface area contributed by atoms with Crippen LogP contribution in [0.2, 0.25) is 10.0 Å². The molecule has 0 unspecified atom stereocenters. The second-order valence-corrected chi connectivity index (χ2v) is 7.06. The van der Waals surface area contributed by atoms with Gasteiger partial charge in [0.25, 0.3) is 0 Å². The highest BCUT2D eigenvalue weighted by Gasteiger charge is 2.28. The maximum Gasteiger partial charge on any atom is 0.242 e. The summed E-state index contributed by atoms with van der Waals surface area (Å²) in [7, 11) is -3.70. The first-order valence-electron chi connectivity index (χ1n) is 5.99. The van der Waals surface area contributed by atoms with Crippen LogP contribution in [-0.2, 0) is 14.8 Å². The molecule has 106 valence electrons. The third-order valence-corrected chi connectivity index (χ3v) is 5.32. The molecule has 1 heterocycles. The number of hydrogen-bond donors (Lipinski definition) is 1. The van der Waals surface area contributed by atoms with Crippen molar-refractivity contribution in [3.05, 3.63) is 28.2 Å². The van der Waals surface area contributed by atoms with E-state index in [1.807, 2.05) is 0 Å². The van der Waals surface area contributed by atoms with Crippen LogP contribution in [0.25, 0.3) is 0 Å². The standard InChI is InChI=1S/C12H15Cl2NO3S/c1-8(11-3-2-6-18-11)15-19(16,17)12-7-9(13)4-5-10(12)14/h4-5,7-8,11,15H,2-3,6H2,1H3/t8-,11+/m1/s1. The van der Waals surface area contributed by atoms with E-state index in [4.69, 9.17) is 27.9 Å². The topological polar surface area (TPSA) is 55.4 Å². The van der Waals surface area contributed by atoms with Crippen molar-refractivity contribution < 1.29 is 13.2 Å². The summed E-state index contributed by atoms with van der Waals surface area (Å²) in [6.45, 7) is 2.46. The Bertz CT molecular complexity index is 556. The third kappa shape index (κ3) is 3.61. The predicted octanol–water partition coefficient (Wildman–Crippen LogP) is 2.84. The first-order valence-corrected chi connectivity index (χ1v) is 8.23. The Morgan fingerprint density at radius 1 is 1.42 bits per heavy atom. The largest absolute Gasteiger partial charge is 0.377 e. The first-order chi connectivity index (χ1) is 8.90. The number of ether oxygens (including phenoxy) is 1. The zero-order valence-electron chi connectivity index (χ0n) is 10.4. The molecule has 1 N–H and O–H groups in total. The Kier molecular flexibility index (Phi) is 4.74. The summed E-state index contributed by atoms with van der Waals surface area (Å²) in [6.07, 6.45) is 1.72. The van der Waals surface area contributed by atoms with E-state index < -0.39 is 10.0 Å². The highest BCUT2D eigenvalue weighted by atomic mass is 35.5. The van der Waals surface area contributed by atoms with Gasteiger partial charge in [-0.05, 0) is 38.0 Å². The van der Waals surface area contributed by atoms with Crippen LogP contribution in [0.15, 0.2) is 23.1 Å². The molecule has 0 radical (unpaired) electrons. The lowest BCUT2D eigenvalue weighted by Gasteiger charge is -2.20. The monoisotopic (exact) mass is 323 g/mol. The van der Waals surface area contributed by atoms with E-state index in [2.05, 4.69) is 4.72 Å². The smallest absolute Gasteiger partial charge is 0.242 e. The highest BCUT2D eigenvalue weighted by molar-refractivity contribution is 7.89. The van der Waals surface area contributed by atoms with Crippen molar-refractivity contribution in [2.75, 3.05) is 6.61 Å². The summed E-state index contributed by atoms with van der Waals surface area (Å²) >= 11 is 11.7. The van der Waals surface area contributed by atoms with Gasteiger partial charge in [-0.2, -0.15) is 0 Å². The fraction of sp³-hybridized carbons (Fsp3) is 0.500. The van der Waals surface area contributed by atoms with Crippen LogP contribution in [0.3, 0.4) is 0 Å². The number of nitrogens with one attached hydrogen (secondary N) is 1. The van der Waals surface area contributed by atoms with Crippen molar-refractivity contribution in [3.63, 3.8) is 0 Å². The van der Waals surface area contributed by atoms with Gasteiger partial charge in [-0.15, -0.1) is 0 Å². The lowest BCUT2D eigenvalue weighted by molar-refractivity contribution is 0.0902. The van der Waals surface area contributed by atoms with E-state index in [0.29, 0.717) is 11.6 Å². The number of benzene rings is 1. The lowest BCUT2D eigenvalue weighted by atomic mass is 10.1. The SMILES string of the molecule is C[C@@H](NS(=O)(=O)c1cc(Cl)ccc1Cl)[C@@H]1CCCO1. The molecule has 0 saturated carbocycles. The maximum absolute atomic E-state index is 12.3. The van der Waals surface area contributed by atoms with Crippen molar-refractivity contribution in [2.45, 2.75) is 36.8 Å². The minimum atomic E-state index is -3.70. The van der Waals surface area contributed by atoms with Crippen LogP contribution in [0.5, 0.6) is 0 Å². The van der Waals surface area contributed by atoms with Gasteiger partial charge < -0.3 is 4.74 Å². The van der Waals surface area contributed by atoms with Gasteiger partial charge >= 0.3 is 0 Å². The van der Waals surface area contributed by atoms with Gasteiger partial charge in [0.2, 0.25) is 10.0 Å². The third-order valence-electron chi connectivity index (χ3n) is 3.05. The summed E-state index contributed by atoms with van der Waals surface area (Å²) in [5.41, 5.74) is 0. The summed E-state index contributed by atoms with van der Waals surface area (Å²) in [4.78, 5) is -0.00786. The summed E-state index contributed by atoms with van der Waals surface area (Å²) < 4.78 is 32.6. The molecule has 4 nitrogen and oxygen atoms in total. The molecule has 0 bridgehead atoms. The Morgan fingerprint density at radius 3 is 2.79 bits per heavy atom. The van der Waals surface area contributed by atoms with Crippen molar-refractivity contribution in [3.8, 4) is 0 Å². The second-order valence-electron chi connectivity index (χ2n) is 4.54. The Hall–Kier alpha value is -0.330. The molecule has 1 saturated heterocycles. The second kappa shape index (κ2) is 5.97. The van der Waals surface area contributed by atoms with Crippen LogP contribution in [-0.4, -0.2) is 27.2 Å². The number of halogens is 2. The summed E-state index contributed by atoms with van der Waals surface area (Å²) in [6, 6.07) is 4.05. The Morgan fingerprint density at radius 2 is 2.16 bits per heavy atom. The zero-order chi connectivity index (χ0) is 14.0. The van der Waals surface area contributed by atoms with Gasteiger partial charge in [0, 0.05) is 17.7 Å². The number of rotatable bonds is 4. The summed E-state index contributed by atoms with van der Waals surface area (Å²) in [5.74, 6) is 0. The van der Waals surface area contributed by atoms with Crippen LogP contribution < -0.4 is 4.72 Å². The molecule has 2 atom stereocenters. The van der Waals surface area contributed by atoms with Gasteiger partial charge in [0.05, 0.1) is 11.1 Å². The van der Waals surface area contributed by atoms with Crippen molar-refractivity contribution >= 4 is 33.2 Å². The normalized spacial score (nSPS) is 21.5. The first kappa shape index (κ1) is 15.1. The Balaban J connectivity index is 2.19. The van der Waals surface area contributed by atoms with E-state index >= 15 is 0 Å². The molecule has 19 heavy (non-hydrogen) atoms. The molecule has 1 aromatic carbocycles. The van der Waals surface area contributed by atoms with Crippen molar-refractivity contribution in [1.29, 1.82) is 0 Å². The molecule has 1 fully saturated rings. The van der Waals surface area contributed by atoms with Crippen molar-refractivity contribution in [1.82, 2.24) is 4.72 Å². The fourth-order valence-electron chi connectivity index (χ4n) is 2.06. The predicted molar refractivity (Wildman–Crippen MR) is 75.2 cm³/mol. The quantitative estimate of drug-likeness (QED) is 0.926. The molecular weight excluding hydrogens is 309 g/mol. The van der Waals surface area contributed by atoms with Crippen LogP contribution in [0, 0.1) is 0 Å². The molecule has 0 aromatic heterocycles. The minimum absolute atomic E-state index is 0.00786. The number of sulfonamides is 1. The molecule has 1 aliphatic rings. The number of hydrogen-bond acceptors (Lipinski definition) is 3. The Labute approximate surface area is 123 Å². The van der Waals surface area contributed by atoms with E-state index in [0.717, 1.165) is 12.8 Å². The van der Waals surface area contributed by atoms with Gasteiger partial charge in [-0.1, -0.05) is 23.2 Å². The maximum atomic E-state index is 12.3.